The van der Waals surface area contributed by atoms with E-state index in [-0.39, 0.29) is 11.2 Å². The predicted molar refractivity (Wildman–Crippen MR) is 123 cm³/mol. The Kier molecular flexibility index (Phi) is 4.50. The van der Waals surface area contributed by atoms with E-state index in [2.05, 4.69) is 25.1 Å². The Hall–Kier alpha value is -1.66. The van der Waals surface area contributed by atoms with Crippen molar-refractivity contribution in [1.29, 1.82) is 0 Å². The molecule has 0 amide bonds. The fraction of sp³-hybridized carbons (Fsp3) is 0.643. The van der Waals surface area contributed by atoms with Gasteiger partial charge in [-0.15, -0.1) is 0 Å². The topological polar surface area (TPSA) is 57.2 Å². The average molecular weight is 451 g/mol. The highest BCUT2D eigenvalue weighted by molar-refractivity contribution is 5.73. The molecule has 0 unspecified atom stereocenters. The Balaban J connectivity index is 1.35. The Morgan fingerprint density at radius 1 is 0.879 bits per heavy atom. The number of benzene rings is 1. The van der Waals surface area contributed by atoms with Crippen molar-refractivity contribution in [2.75, 3.05) is 26.4 Å². The summed E-state index contributed by atoms with van der Waals surface area (Å²) in [4.78, 5) is 0. The molecule has 0 radical (unpaired) electrons. The van der Waals surface area contributed by atoms with Crippen LogP contribution in [0.4, 0.5) is 0 Å². The van der Waals surface area contributed by atoms with Crippen LogP contribution in [0.1, 0.15) is 57.4 Å². The molecule has 2 saturated heterocycles. The van der Waals surface area contributed by atoms with Crippen LogP contribution in [0.5, 0.6) is 5.75 Å². The summed E-state index contributed by atoms with van der Waals surface area (Å²) in [5, 5.41) is 9.97. The highest BCUT2D eigenvalue weighted by atomic mass is 16.7. The zero-order valence-corrected chi connectivity index (χ0v) is 19.5. The Morgan fingerprint density at radius 2 is 1.61 bits per heavy atom. The molecule has 5 nitrogen and oxygen atoms in total. The average Bonchev–Trinajstić information content (AvgIpc) is 3.55. The van der Waals surface area contributed by atoms with Gasteiger partial charge in [-0.3, -0.25) is 0 Å². The molecule has 2 aliphatic heterocycles. The molecule has 5 heteroatoms. The normalized spacial score (nSPS) is 38.3. The molecule has 1 aromatic rings. The van der Waals surface area contributed by atoms with Crippen LogP contribution in [0.15, 0.2) is 41.5 Å². The number of fused-ring (bicyclic) bond motifs is 6. The largest absolute Gasteiger partial charge is 0.508 e. The summed E-state index contributed by atoms with van der Waals surface area (Å²) in [7, 11) is 0. The van der Waals surface area contributed by atoms with Gasteiger partial charge in [0.25, 0.3) is 0 Å². The molecule has 176 valence electrons. The maximum atomic E-state index is 9.97. The predicted octanol–water partition coefficient (Wildman–Crippen LogP) is 5.20. The van der Waals surface area contributed by atoms with E-state index in [0.29, 0.717) is 49.9 Å². The minimum absolute atomic E-state index is 0.0379. The van der Waals surface area contributed by atoms with Crippen LogP contribution in [0.2, 0.25) is 0 Å². The number of phenolic OH excluding ortho intramolecular Hbond substituents is 1. The van der Waals surface area contributed by atoms with Crippen molar-refractivity contribution in [2.24, 2.45) is 23.2 Å². The van der Waals surface area contributed by atoms with Crippen molar-refractivity contribution >= 4 is 5.57 Å². The maximum absolute atomic E-state index is 9.97. The van der Waals surface area contributed by atoms with Crippen LogP contribution in [-0.2, 0) is 18.9 Å². The van der Waals surface area contributed by atoms with Gasteiger partial charge in [0.05, 0.1) is 26.4 Å². The van der Waals surface area contributed by atoms with Crippen molar-refractivity contribution in [3.63, 3.8) is 0 Å². The molecular formula is C28H34O5. The third kappa shape index (κ3) is 2.86. The van der Waals surface area contributed by atoms with Gasteiger partial charge in [-0.2, -0.15) is 0 Å². The number of hydrogen-bond donors (Lipinski definition) is 1. The van der Waals surface area contributed by atoms with E-state index >= 15 is 0 Å². The van der Waals surface area contributed by atoms with Gasteiger partial charge in [-0.1, -0.05) is 36.3 Å². The molecule has 2 heterocycles. The van der Waals surface area contributed by atoms with Crippen molar-refractivity contribution in [3.8, 4) is 5.75 Å². The lowest BCUT2D eigenvalue weighted by Gasteiger charge is -2.53. The van der Waals surface area contributed by atoms with Crippen LogP contribution < -0.4 is 0 Å². The molecule has 0 aromatic heterocycles. The fourth-order valence-electron chi connectivity index (χ4n) is 8.34. The quantitative estimate of drug-likeness (QED) is 0.596. The molecule has 4 atom stereocenters. The summed E-state index contributed by atoms with van der Waals surface area (Å²) in [6.45, 7) is 5.25. The van der Waals surface area contributed by atoms with Crippen molar-refractivity contribution in [1.82, 2.24) is 0 Å². The van der Waals surface area contributed by atoms with Gasteiger partial charge >= 0.3 is 0 Å². The summed E-state index contributed by atoms with van der Waals surface area (Å²) < 4.78 is 25.0. The van der Waals surface area contributed by atoms with Crippen LogP contribution in [0.3, 0.4) is 0 Å². The van der Waals surface area contributed by atoms with E-state index in [4.69, 9.17) is 18.9 Å². The molecule has 7 rings (SSSR count). The number of allylic oxidation sites excluding steroid dienone is 3. The van der Waals surface area contributed by atoms with Crippen molar-refractivity contribution in [3.05, 3.63) is 47.1 Å². The van der Waals surface area contributed by atoms with Gasteiger partial charge < -0.3 is 24.1 Å². The van der Waals surface area contributed by atoms with E-state index < -0.39 is 5.79 Å². The molecule has 0 bridgehead atoms. The first-order valence-corrected chi connectivity index (χ1v) is 12.8. The van der Waals surface area contributed by atoms with Gasteiger partial charge in [0.2, 0.25) is 0 Å². The molecule has 2 saturated carbocycles. The molecule has 6 aliphatic rings. The van der Waals surface area contributed by atoms with Crippen LogP contribution >= 0.6 is 0 Å². The van der Waals surface area contributed by atoms with E-state index in [0.717, 1.165) is 38.5 Å². The van der Waals surface area contributed by atoms with Gasteiger partial charge in [0.1, 0.15) is 5.75 Å². The zero-order chi connectivity index (χ0) is 22.3. The smallest absolute Gasteiger partial charge is 0.174 e. The minimum Gasteiger partial charge on any atom is -0.508 e. The highest BCUT2D eigenvalue weighted by Crippen LogP contribution is 2.67. The van der Waals surface area contributed by atoms with Crippen LogP contribution in [-0.4, -0.2) is 43.1 Å². The molecule has 2 spiro atoms. The second-order valence-corrected chi connectivity index (χ2v) is 11.2. The number of hydrogen-bond acceptors (Lipinski definition) is 5. The first kappa shape index (κ1) is 20.7. The first-order valence-electron chi connectivity index (χ1n) is 12.8. The number of aromatic hydroxyl groups is 1. The number of ether oxygens (including phenoxy) is 4. The van der Waals surface area contributed by atoms with Gasteiger partial charge in [-0.25, -0.2) is 0 Å². The van der Waals surface area contributed by atoms with Crippen LogP contribution in [0.25, 0.3) is 5.57 Å². The zero-order valence-electron chi connectivity index (χ0n) is 19.5. The number of phenols is 1. The molecular weight excluding hydrogens is 416 g/mol. The summed E-state index contributed by atoms with van der Waals surface area (Å²) in [6, 6.07) is 7.85. The lowest BCUT2D eigenvalue weighted by Crippen LogP contribution is -2.51. The van der Waals surface area contributed by atoms with E-state index in [9.17, 15) is 5.11 Å². The third-order valence-corrected chi connectivity index (χ3v) is 9.78. The Bertz CT molecular complexity index is 1010. The Labute approximate surface area is 195 Å². The fourth-order valence-corrected chi connectivity index (χ4v) is 8.34. The standard InChI is InChI=1S/C28H34O5/c1-26-17-23(18-2-5-20(29)6-3-18)25-21-8-10-27(30-12-13-31-27)16-19(21)4-7-22(25)24(26)9-11-28(26)32-14-15-33-28/h2-6,21-22,24,29H,7-17H2,1H3/t21-,22-,24-,26-/m0/s1. The first-order chi connectivity index (χ1) is 16.0. The van der Waals surface area contributed by atoms with Gasteiger partial charge in [0.15, 0.2) is 11.6 Å². The molecule has 33 heavy (non-hydrogen) atoms. The van der Waals surface area contributed by atoms with Crippen molar-refractivity contribution < 1.29 is 24.1 Å². The lowest BCUT2D eigenvalue weighted by atomic mass is 9.54. The highest BCUT2D eigenvalue weighted by Gasteiger charge is 2.65. The summed E-state index contributed by atoms with van der Waals surface area (Å²) in [6.07, 6.45) is 9.67. The molecule has 4 fully saturated rings. The maximum Gasteiger partial charge on any atom is 0.174 e. The monoisotopic (exact) mass is 450 g/mol. The minimum atomic E-state index is -0.447. The molecule has 4 aliphatic carbocycles. The van der Waals surface area contributed by atoms with E-state index in [1.807, 2.05) is 12.1 Å². The lowest BCUT2D eigenvalue weighted by molar-refractivity contribution is -0.226. The Morgan fingerprint density at radius 3 is 2.36 bits per heavy atom. The van der Waals surface area contributed by atoms with Crippen LogP contribution in [0, 0.1) is 23.2 Å². The van der Waals surface area contributed by atoms with Crippen molar-refractivity contribution in [2.45, 2.75) is 63.4 Å². The van der Waals surface area contributed by atoms with E-state index in [1.165, 1.54) is 23.1 Å². The van der Waals surface area contributed by atoms with Gasteiger partial charge in [0, 0.05) is 30.6 Å². The molecule has 1 aromatic carbocycles. The molecule has 1 N–H and O–H groups in total. The summed E-state index contributed by atoms with van der Waals surface area (Å²) >= 11 is 0. The summed E-state index contributed by atoms with van der Waals surface area (Å²) in [5.74, 6) is 1.04. The second kappa shape index (κ2) is 7.17. The third-order valence-electron chi connectivity index (χ3n) is 9.78. The number of rotatable bonds is 1. The SMILES string of the molecule is C[C@]12CC(c3ccc(O)cc3)=C3[C@H]4CCC5(CC4=CC[C@H]3[C@@H]1CCC21OCCO1)OCCO5. The second-order valence-electron chi connectivity index (χ2n) is 11.2. The van der Waals surface area contributed by atoms with Gasteiger partial charge in [-0.05, 0) is 60.8 Å². The van der Waals surface area contributed by atoms with E-state index in [1.54, 1.807) is 5.57 Å². The summed E-state index contributed by atoms with van der Waals surface area (Å²) in [5.41, 5.74) is 5.81.